The summed E-state index contributed by atoms with van der Waals surface area (Å²) in [5.41, 5.74) is 1.09. The maximum atomic E-state index is 12.5. The van der Waals surface area contributed by atoms with Crippen molar-refractivity contribution in [3.8, 4) is 22.9 Å². The van der Waals surface area contributed by atoms with E-state index in [-0.39, 0.29) is 5.56 Å². The highest BCUT2D eigenvalue weighted by molar-refractivity contribution is 5.66. The molecule has 1 fully saturated rings. The fourth-order valence-corrected chi connectivity index (χ4v) is 3.04. The fourth-order valence-electron chi connectivity index (χ4n) is 3.04. The second-order valence-corrected chi connectivity index (χ2v) is 5.87. The van der Waals surface area contributed by atoms with E-state index in [9.17, 15) is 13.2 Å². The van der Waals surface area contributed by atoms with E-state index in [4.69, 9.17) is 5.26 Å². The standard InChI is InChI=1S/C17H16F3N3O/c18-17(19,20)24-16-8-12(6-7-13(16)9-21)14-10-22-23(11-14)15-4-2-1-3-5-15/h6-8,10-11,15H,1-5H2. The summed E-state index contributed by atoms with van der Waals surface area (Å²) >= 11 is 0. The molecule has 24 heavy (non-hydrogen) atoms. The topological polar surface area (TPSA) is 50.8 Å². The number of aromatic nitrogens is 2. The number of ether oxygens (including phenoxy) is 1. The van der Waals surface area contributed by atoms with Crippen LogP contribution in [0.2, 0.25) is 0 Å². The highest BCUT2D eigenvalue weighted by atomic mass is 19.4. The first-order valence-electron chi connectivity index (χ1n) is 7.81. The Kier molecular flexibility index (Phi) is 4.47. The van der Waals surface area contributed by atoms with Crippen molar-refractivity contribution in [1.82, 2.24) is 9.78 Å². The van der Waals surface area contributed by atoms with Gasteiger partial charge in [-0.25, -0.2) is 0 Å². The average molecular weight is 335 g/mol. The monoisotopic (exact) mass is 335 g/mol. The molecule has 0 aliphatic heterocycles. The molecule has 0 radical (unpaired) electrons. The smallest absolute Gasteiger partial charge is 0.404 e. The Labute approximate surface area is 137 Å². The summed E-state index contributed by atoms with van der Waals surface area (Å²) in [6, 6.07) is 6.21. The Hall–Kier alpha value is -2.49. The normalized spacial score (nSPS) is 15.9. The maximum Gasteiger partial charge on any atom is 0.573 e. The van der Waals surface area contributed by atoms with E-state index in [1.165, 1.54) is 31.4 Å². The zero-order valence-corrected chi connectivity index (χ0v) is 12.9. The van der Waals surface area contributed by atoms with Crippen LogP contribution in [0.5, 0.6) is 5.75 Å². The molecule has 126 valence electrons. The molecular weight excluding hydrogens is 319 g/mol. The van der Waals surface area contributed by atoms with Gasteiger partial charge in [-0.3, -0.25) is 4.68 Å². The predicted octanol–water partition coefficient (Wildman–Crippen LogP) is 4.83. The number of hydrogen-bond donors (Lipinski definition) is 0. The lowest BCUT2D eigenvalue weighted by Gasteiger charge is -2.21. The summed E-state index contributed by atoms with van der Waals surface area (Å²) in [7, 11) is 0. The fraction of sp³-hybridized carbons (Fsp3) is 0.412. The minimum Gasteiger partial charge on any atom is -0.404 e. The van der Waals surface area contributed by atoms with Crippen LogP contribution in [0.3, 0.4) is 0 Å². The van der Waals surface area contributed by atoms with Crippen molar-refractivity contribution >= 4 is 0 Å². The van der Waals surface area contributed by atoms with Crippen LogP contribution < -0.4 is 4.74 Å². The van der Waals surface area contributed by atoms with Gasteiger partial charge >= 0.3 is 6.36 Å². The maximum absolute atomic E-state index is 12.5. The quantitative estimate of drug-likeness (QED) is 0.807. The third kappa shape index (κ3) is 3.70. The Morgan fingerprint density at radius 2 is 1.92 bits per heavy atom. The number of hydrogen-bond acceptors (Lipinski definition) is 3. The van der Waals surface area contributed by atoms with Crippen LogP contribution in [-0.4, -0.2) is 16.1 Å². The zero-order valence-electron chi connectivity index (χ0n) is 12.9. The van der Waals surface area contributed by atoms with Gasteiger partial charge in [0.15, 0.2) is 0 Å². The summed E-state index contributed by atoms with van der Waals surface area (Å²) in [5, 5.41) is 13.3. The Morgan fingerprint density at radius 1 is 1.17 bits per heavy atom. The van der Waals surface area contributed by atoms with Gasteiger partial charge < -0.3 is 4.74 Å². The van der Waals surface area contributed by atoms with Crippen molar-refractivity contribution in [3.63, 3.8) is 0 Å². The molecule has 0 bridgehead atoms. The lowest BCUT2D eigenvalue weighted by Crippen LogP contribution is -2.17. The van der Waals surface area contributed by atoms with Gasteiger partial charge in [0, 0.05) is 11.8 Å². The van der Waals surface area contributed by atoms with Crippen molar-refractivity contribution in [2.45, 2.75) is 44.5 Å². The average Bonchev–Trinajstić information content (AvgIpc) is 3.04. The summed E-state index contributed by atoms with van der Waals surface area (Å²) in [4.78, 5) is 0. The molecule has 1 heterocycles. The van der Waals surface area contributed by atoms with E-state index in [1.54, 1.807) is 18.3 Å². The van der Waals surface area contributed by atoms with Crippen LogP contribution in [0.15, 0.2) is 30.6 Å². The second-order valence-electron chi connectivity index (χ2n) is 5.87. The predicted molar refractivity (Wildman–Crippen MR) is 81.2 cm³/mol. The van der Waals surface area contributed by atoms with Gasteiger partial charge in [-0.2, -0.15) is 10.4 Å². The van der Waals surface area contributed by atoms with E-state index >= 15 is 0 Å². The van der Waals surface area contributed by atoms with E-state index in [0.717, 1.165) is 12.8 Å². The van der Waals surface area contributed by atoms with Crippen LogP contribution in [0.4, 0.5) is 13.2 Å². The molecule has 3 rings (SSSR count). The van der Waals surface area contributed by atoms with Crippen LogP contribution in [0, 0.1) is 11.3 Å². The second kappa shape index (κ2) is 6.56. The number of halogens is 3. The Balaban J connectivity index is 1.88. The van der Waals surface area contributed by atoms with Gasteiger partial charge in [-0.1, -0.05) is 25.3 Å². The molecule has 1 aliphatic carbocycles. The van der Waals surface area contributed by atoms with Gasteiger partial charge in [0.2, 0.25) is 0 Å². The largest absolute Gasteiger partial charge is 0.573 e. The van der Waals surface area contributed by atoms with Crippen LogP contribution >= 0.6 is 0 Å². The number of alkyl halides is 3. The van der Waals surface area contributed by atoms with E-state index in [2.05, 4.69) is 9.84 Å². The SMILES string of the molecule is N#Cc1ccc(-c2cnn(C3CCCCC3)c2)cc1OC(F)(F)F. The van der Waals surface area contributed by atoms with Crippen molar-refractivity contribution < 1.29 is 17.9 Å². The molecule has 0 N–H and O–H groups in total. The van der Waals surface area contributed by atoms with Crippen molar-refractivity contribution in [2.24, 2.45) is 0 Å². The first kappa shape index (κ1) is 16.4. The van der Waals surface area contributed by atoms with Crippen molar-refractivity contribution in [1.29, 1.82) is 5.26 Å². The highest BCUT2D eigenvalue weighted by Gasteiger charge is 2.32. The van der Waals surface area contributed by atoms with Crippen molar-refractivity contribution in [3.05, 3.63) is 36.2 Å². The van der Waals surface area contributed by atoms with Gasteiger partial charge in [0.05, 0.1) is 17.8 Å². The zero-order chi connectivity index (χ0) is 17.2. The molecule has 0 amide bonds. The number of rotatable bonds is 3. The van der Waals surface area contributed by atoms with Crippen LogP contribution in [-0.2, 0) is 0 Å². The molecule has 4 nitrogen and oxygen atoms in total. The van der Waals surface area contributed by atoms with E-state index in [1.807, 2.05) is 10.9 Å². The molecule has 1 aliphatic rings. The molecule has 0 spiro atoms. The van der Waals surface area contributed by atoms with Crippen LogP contribution in [0.25, 0.3) is 11.1 Å². The van der Waals surface area contributed by atoms with E-state index in [0.29, 0.717) is 17.2 Å². The summed E-state index contributed by atoms with van der Waals surface area (Å²) in [6.45, 7) is 0. The highest BCUT2D eigenvalue weighted by Crippen LogP contribution is 2.33. The third-order valence-corrected chi connectivity index (χ3v) is 4.21. The van der Waals surface area contributed by atoms with E-state index < -0.39 is 12.1 Å². The third-order valence-electron chi connectivity index (χ3n) is 4.21. The molecule has 7 heteroatoms. The van der Waals surface area contributed by atoms with Crippen LogP contribution in [0.1, 0.15) is 43.7 Å². The summed E-state index contributed by atoms with van der Waals surface area (Å²) in [6.07, 6.45) is 4.34. The number of nitriles is 1. The molecule has 1 saturated carbocycles. The molecule has 0 saturated heterocycles. The molecule has 1 aromatic heterocycles. The molecule has 0 atom stereocenters. The van der Waals surface area contributed by atoms with Gasteiger partial charge in [0.1, 0.15) is 11.8 Å². The first-order chi connectivity index (χ1) is 11.5. The molecule has 2 aromatic rings. The lowest BCUT2D eigenvalue weighted by molar-refractivity contribution is -0.274. The first-order valence-corrected chi connectivity index (χ1v) is 7.81. The minimum atomic E-state index is -4.84. The molecule has 0 unspecified atom stereocenters. The molecule has 1 aromatic carbocycles. The summed E-state index contributed by atoms with van der Waals surface area (Å²) < 4.78 is 43.3. The van der Waals surface area contributed by atoms with Crippen molar-refractivity contribution in [2.75, 3.05) is 0 Å². The van der Waals surface area contributed by atoms with Gasteiger partial charge in [0.25, 0.3) is 0 Å². The number of nitrogens with zero attached hydrogens (tertiary/aromatic N) is 3. The van der Waals surface area contributed by atoms with Gasteiger partial charge in [-0.05, 0) is 30.5 Å². The minimum absolute atomic E-state index is 0.157. The lowest BCUT2D eigenvalue weighted by atomic mass is 9.96. The Bertz CT molecular complexity index is 755. The number of benzene rings is 1. The molecular formula is C17H16F3N3O. The van der Waals surface area contributed by atoms with Gasteiger partial charge in [-0.15, -0.1) is 13.2 Å². The summed E-state index contributed by atoms with van der Waals surface area (Å²) in [5.74, 6) is -0.493. The Morgan fingerprint density at radius 3 is 2.58 bits per heavy atom.